The third-order valence-electron chi connectivity index (χ3n) is 3.13. The Bertz CT molecular complexity index is 575. The molecule has 0 aliphatic carbocycles. The third kappa shape index (κ3) is 3.77. The van der Waals surface area contributed by atoms with E-state index in [1.165, 1.54) is 0 Å². The summed E-state index contributed by atoms with van der Waals surface area (Å²) in [5, 5.41) is 11.5. The molecule has 0 radical (unpaired) electrons. The number of nitrogens with zero attached hydrogens (tertiary/aromatic N) is 5. The van der Waals surface area contributed by atoms with Crippen molar-refractivity contribution in [3.05, 3.63) is 18.1 Å². The van der Waals surface area contributed by atoms with Crippen molar-refractivity contribution in [3.63, 3.8) is 0 Å². The fourth-order valence-electron chi connectivity index (χ4n) is 2.03. The molecule has 0 unspecified atom stereocenters. The number of nitrogens with one attached hydrogen (secondary N) is 1. The topological polar surface area (TPSA) is 68.5 Å². The van der Waals surface area contributed by atoms with Crippen LogP contribution in [0.3, 0.4) is 0 Å². The average molecular weight is 288 g/mol. The van der Waals surface area contributed by atoms with E-state index in [4.69, 9.17) is 0 Å². The molecule has 0 aromatic carbocycles. The van der Waals surface area contributed by atoms with Crippen LogP contribution in [-0.2, 0) is 6.54 Å². The van der Waals surface area contributed by atoms with Gasteiger partial charge in [0.1, 0.15) is 17.3 Å². The summed E-state index contributed by atoms with van der Waals surface area (Å²) in [7, 11) is 0. The van der Waals surface area contributed by atoms with Gasteiger partial charge in [0.05, 0.1) is 11.9 Å². The molecule has 2 heterocycles. The summed E-state index contributed by atoms with van der Waals surface area (Å²) in [5.41, 5.74) is 1.83. The zero-order valence-electron chi connectivity index (χ0n) is 13.3. The van der Waals surface area contributed by atoms with Crippen LogP contribution >= 0.6 is 0 Å². The van der Waals surface area contributed by atoms with E-state index in [1.807, 2.05) is 10.7 Å². The Labute approximate surface area is 126 Å². The minimum atomic E-state index is 0.280. The predicted molar refractivity (Wildman–Crippen MR) is 84.2 cm³/mol. The van der Waals surface area contributed by atoms with E-state index in [-0.39, 0.29) is 5.92 Å². The van der Waals surface area contributed by atoms with Gasteiger partial charge in [0.15, 0.2) is 0 Å². The molecule has 0 atom stereocenters. The highest BCUT2D eigenvalue weighted by Crippen LogP contribution is 2.22. The van der Waals surface area contributed by atoms with Gasteiger partial charge >= 0.3 is 0 Å². The average Bonchev–Trinajstić information content (AvgIpc) is 2.93. The number of rotatable bonds is 7. The van der Waals surface area contributed by atoms with Crippen LogP contribution in [0.5, 0.6) is 0 Å². The second-order valence-corrected chi connectivity index (χ2v) is 5.42. The smallest absolute Gasteiger partial charge is 0.134 e. The lowest BCUT2D eigenvalue weighted by molar-refractivity contribution is 0.583. The van der Waals surface area contributed by atoms with Crippen LogP contribution in [0.4, 0.5) is 5.82 Å². The van der Waals surface area contributed by atoms with Crippen LogP contribution in [0, 0.1) is 0 Å². The molecule has 6 heteroatoms. The molecule has 6 nitrogen and oxygen atoms in total. The fraction of sp³-hybridized carbons (Fsp3) is 0.600. The zero-order chi connectivity index (χ0) is 15.2. The Morgan fingerprint density at radius 1 is 1.19 bits per heavy atom. The van der Waals surface area contributed by atoms with Gasteiger partial charge in [-0.15, -0.1) is 5.10 Å². The van der Waals surface area contributed by atoms with Gasteiger partial charge < -0.3 is 5.32 Å². The third-order valence-corrected chi connectivity index (χ3v) is 3.13. The minimum Gasteiger partial charge on any atom is -0.370 e. The van der Waals surface area contributed by atoms with E-state index in [0.717, 1.165) is 49.0 Å². The van der Waals surface area contributed by atoms with Crippen LogP contribution in [0.25, 0.3) is 11.4 Å². The summed E-state index contributed by atoms with van der Waals surface area (Å²) in [6, 6.07) is 1.98. The quantitative estimate of drug-likeness (QED) is 0.848. The fourth-order valence-corrected chi connectivity index (χ4v) is 2.03. The van der Waals surface area contributed by atoms with Gasteiger partial charge in [-0.3, -0.25) is 0 Å². The molecule has 21 heavy (non-hydrogen) atoms. The van der Waals surface area contributed by atoms with E-state index in [9.17, 15) is 0 Å². The molecule has 2 aromatic rings. The second kappa shape index (κ2) is 7.15. The summed E-state index contributed by atoms with van der Waals surface area (Å²) in [5.74, 6) is 1.99. The second-order valence-electron chi connectivity index (χ2n) is 5.42. The molecule has 114 valence electrons. The summed E-state index contributed by atoms with van der Waals surface area (Å²) in [4.78, 5) is 9.26. The van der Waals surface area contributed by atoms with Gasteiger partial charge in [-0.1, -0.05) is 32.9 Å². The van der Waals surface area contributed by atoms with Gasteiger partial charge in [0.25, 0.3) is 0 Å². The van der Waals surface area contributed by atoms with Gasteiger partial charge in [-0.2, -0.15) is 0 Å². The molecule has 0 saturated carbocycles. The maximum atomic E-state index is 4.67. The molecule has 2 aromatic heterocycles. The van der Waals surface area contributed by atoms with E-state index in [1.54, 1.807) is 6.20 Å². The summed E-state index contributed by atoms with van der Waals surface area (Å²) in [6.45, 7) is 10.2. The molecule has 1 N–H and O–H groups in total. The highest BCUT2D eigenvalue weighted by atomic mass is 15.4. The lowest BCUT2D eigenvalue weighted by Crippen LogP contribution is -2.09. The van der Waals surface area contributed by atoms with Crippen LogP contribution in [0.2, 0.25) is 0 Å². The summed E-state index contributed by atoms with van der Waals surface area (Å²) < 4.78 is 1.90. The molecule has 0 bridgehead atoms. The minimum absolute atomic E-state index is 0.280. The van der Waals surface area contributed by atoms with E-state index in [0.29, 0.717) is 0 Å². The largest absolute Gasteiger partial charge is 0.370 e. The molecule has 0 saturated heterocycles. The number of aryl methyl sites for hydroxylation is 1. The SMILES string of the molecule is CCCNc1cc(-c2cnnn2CCC)nc(C(C)C)n1. The normalized spacial score (nSPS) is 11.1. The van der Waals surface area contributed by atoms with Gasteiger partial charge in [-0.05, 0) is 12.8 Å². The first-order valence-electron chi connectivity index (χ1n) is 7.67. The van der Waals surface area contributed by atoms with Crippen LogP contribution < -0.4 is 5.32 Å². The number of anilines is 1. The molecular weight excluding hydrogens is 264 g/mol. The van der Waals surface area contributed by atoms with Crippen molar-refractivity contribution in [2.24, 2.45) is 0 Å². The Kier molecular flexibility index (Phi) is 5.25. The van der Waals surface area contributed by atoms with Crippen LogP contribution in [0.15, 0.2) is 12.3 Å². The first-order chi connectivity index (χ1) is 10.2. The van der Waals surface area contributed by atoms with Crippen molar-refractivity contribution in [2.45, 2.75) is 53.0 Å². The van der Waals surface area contributed by atoms with Crippen molar-refractivity contribution in [3.8, 4) is 11.4 Å². The van der Waals surface area contributed by atoms with Crippen LogP contribution in [-0.4, -0.2) is 31.5 Å². The Morgan fingerprint density at radius 3 is 2.67 bits per heavy atom. The molecule has 0 fully saturated rings. The Hall–Kier alpha value is -1.98. The highest BCUT2D eigenvalue weighted by molar-refractivity contribution is 5.58. The highest BCUT2D eigenvalue weighted by Gasteiger charge is 2.13. The maximum absolute atomic E-state index is 4.67. The lowest BCUT2D eigenvalue weighted by atomic mass is 10.2. The maximum Gasteiger partial charge on any atom is 0.134 e. The Morgan fingerprint density at radius 2 is 2.00 bits per heavy atom. The molecular formula is C15H24N6. The first kappa shape index (κ1) is 15.4. The summed E-state index contributed by atoms with van der Waals surface area (Å²) in [6.07, 6.45) is 3.84. The van der Waals surface area contributed by atoms with Gasteiger partial charge in [0.2, 0.25) is 0 Å². The molecule has 0 spiro atoms. The number of hydrogen-bond donors (Lipinski definition) is 1. The van der Waals surface area contributed by atoms with Crippen molar-refractivity contribution in [2.75, 3.05) is 11.9 Å². The van der Waals surface area contributed by atoms with E-state index in [2.05, 4.69) is 53.3 Å². The molecule has 0 aliphatic rings. The Balaban J connectivity index is 2.41. The predicted octanol–water partition coefficient (Wildman–Crippen LogP) is 3.09. The van der Waals surface area contributed by atoms with Crippen molar-refractivity contribution < 1.29 is 0 Å². The number of hydrogen-bond acceptors (Lipinski definition) is 5. The lowest BCUT2D eigenvalue weighted by Gasteiger charge is -2.12. The molecule has 0 amide bonds. The monoisotopic (exact) mass is 288 g/mol. The first-order valence-corrected chi connectivity index (χ1v) is 7.67. The standard InChI is InChI=1S/C15H24N6/c1-5-7-16-14-9-12(18-15(19-14)11(3)4)13-10-17-20-21(13)8-6-2/h9-11H,5-8H2,1-4H3,(H,16,18,19). The summed E-state index contributed by atoms with van der Waals surface area (Å²) >= 11 is 0. The van der Waals surface area contributed by atoms with Crippen LogP contribution in [0.1, 0.15) is 52.3 Å². The van der Waals surface area contributed by atoms with E-state index < -0.39 is 0 Å². The van der Waals surface area contributed by atoms with Gasteiger partial charge in [-0.25, -0.2) is 14.6 Å². The van der Waals surface area contributed by atoms with E-state index >= 15 is 0 Å². The van der Waals surface area contributed by atoms with Gasteiger partial charge in [0, 0.05) is 25.1 Å². The zero-order valence-corrected chi connectivity index (χ0v) is 13.3. The van der Waals surface area contributed by atoms with Crippen molar-refractivity contribution >= 4 is 5.82 Å². The molecule has 2 rings (SSSR count). The van der Waals surface area contributed by atoms with Crippen molar-refractivity contribution in [1.29, 1.82) is 0 Å². The number of aromatic nitrogens is 5. The van der Waals surface area contributed by atoms with Crippen molar-refractivity contribution in [1.82, 2.24) is 25.0 Å². The molecule has 0 aliphatic heterocycles.